The molecular formula is C13H9BrF2O. The first-order chi connectivity index (χ1) is 8.15. The average Bonchev–Trinajstić information content (AvgIpc) is 2.33. The Labute approximate surface area is 106 Å². The Morgan fingerprint density at radius 3 is 2.35 bits per heavy atom. The smallest absolute Gasteiger partial charge is 0.137 e. The molecule has 0 heterocycles. The van der Waals surface area contributed by atoms with E-state index in [1.165, 1.54) is 18.2 Å². The van der Waals surface area contributed by atoms with Crippen LogP contribution >= 0.6 is 15.9 Å². The Balaban J connectivity index is 2.02. The molecule has 0 saturated carbocycles. The summed E-state index contributed by atoms with van der Waals surface area (Å²) in [5, 5.41) is 0. The topological polar surface area (TPSA) is 9.23 Å². The summed E-state index contributed by atoms with van der Waals surface area (Å²) < 4.78 is 31.5. The molecular weight excluding hydrogens is 290 g/mol. The summed E-state index contributed by atoms with van der Waals surface area (Å²) in [6.45, 7) is 0.310. The summed E-state index contributed by atoms with van der Waals surface area (Å²) in [6.07, 6.45) is 0. The van der Waals surface area contributed by atoms with E-state index in [0.717, 1.165) is 5.56 Å². The van der Waals surface area contributed by atoms with Crippen molar-refractivity contribution in [3.63, 3.8) is 0 Å². The minimum absolute atomic E-state index is 0.304. The maximum absolute atomic E-state index is 13.0. The van der Waals surface area contributed by atoms with E-state index in [1.54, 1.807) is 24.3 Å². The Hall–Kier alpha value is -1.42. The Morgan fingerprint density at radius 2 is 1.71 bits per heavy atom. The van der Waals surface area contributed by atoms with Crippen LogP contribution in [0.1, 0.15) is 5.56 Å². The lowest BCUT2D eigenvalue weighted by atomic mass is 10.2. The second kappa shape index (κ2) is 5.27. The van der Waals surface area contributed by atoms with Gasteiger partial charge in [-0.05, 0) is 57.9 Å². The van der Waals surface area contributed by atoms with Gasteiger partial charge in [-0.2, -0.15) is 0 Å². The second-order valence-electron chi connectivity index (χ2n) is 3.49. The van der Waals surface area contributed by atoms with Crippen molar-refractivity contribution < 1.29 is 13.5 Å². The van der Waals surface area contributed by atoms with Gasteiger partial charge in [-0.25, -0.2) is 8.78 Å². The molecule has 0 N–H and O–H groups in total. The van der Waals surface area contributed by atoms with Crippen LogP contribution in [0.4, 0.5) is 8.78 Å². The third-order valence-electron chi connectivity index (χ3n) is 2.20. The minimum atomic E-state index is -0.310. The molecule has 2 aromatic carbocycles. The Bertz CT molecular complexity index is 511. The van der Waals surface area contributed by atoms with Crippen LogP contribution in [0.25, 0.3) is 0 Å². The molecule has 0 unspecified atom stereocenters. The van der Waals surface area contributed by atoms with Crippen molar-refractivity contribution in [2.24, 2.45) is 0 Å². The van der Waals surface area contributed by atoms with E-state index in [2.05, 4.69) is 15.9 Å². The molecule has 0 saturated heterocycles. The summed E-state index contributed by atoms with van der Waals surface area (Å²) in [7, 11) is 0. The monoisotopic (exact) mass is 298 g/mol. The van der Waals surface area contributed by atoms with Gasteiger partial charge in [-0.1, -0.05) is 6.07 Å². The zero-order valence-corrected chi connectivity index (χ0v) is 10.4. The lowest BCUT2D eigenvalue weighted by Crippen LogP contribution is -1.96. The van der Waals surface area contributed by atoms with Crippen LogP contribution in [-0.4, -0.2) is 0 Å². The minimum Gasteiger partial charge on any atom is -0.489 e. The summed E-state index contributed by atoms with van der Waals surface area (Å²) in [5.41, 5.74) is 0.836. The maximum atomic E-state index is 13.0. The van der Waals surface area contributed by atoms with Crippen LogP contribution < -0.4 is 4.74 Å². The van der Waals surface area contributed by atoms with Crippen molar-refractivity contribution in [1.82, 2.24) is 0 Å². The fourth-order valence-electron chi connectivity index (χ4n) is 1.33. The first-order valence-electron chi connectivity index (χ1n) is 4.97. The van der Waals surface area contributed by atoms with Crippen LogP contribution in [0.3, 0.4) is 0 Å². The molecule has 4 heteroatoms. The van der Waals surface area contributed by atoms with Crippen molar-refractivity contribution in [3.8, 4) is 5.75 Å². The predicted molar refractivity (Wildman–Crippen MR) is 64.8 cm³/mol. The summed E-state index contributed by atoms with van der Waals surface area (Å²) in [5.74, 6) is -0.0377. The van der Waals surface area contributed by atoms with Crippen molar-refractivity contribution in [1.29, 1.82) is 0 Å². The molecule has 2 aromatic rings. The fraction of sp³-hybridized carbons (Fsp3) is 0.0769. The average molecular weight is 299 g/mol. The lowest BCUT2D eigenvalue weighted by molar-refractivity contribution is 0.305. The number of hydrogen-bond donors (Lipinski definition) is 0. The second-order valence-corrected chi connectivity index (χ2v) is 4.35. The maximum Gasteiger partial charge on any atom is 0.137 e. The number of rotatable bonds is 3. The van der Waals surface area contributed by atoms with E-state index in [0.29, 0.717) is 16.8 Å². The van der Waals surface area contributed by atoms with Gasteiger partial charge in [-0.15, -0.1) is 0 Å². The van der Waals surface area contributed by atoms with Crippen molar-refractivity contribution >= 4 is 15.9 Å². The highest BCUT2D eigenvalue weighted by molar-refractivity contribution is 9.10. The molecule has 17 heavy (non-hydrogen) atoms. The molecule has 0 fully saturated rings. The standard InChI is InChI=1S/C13H9BrF2O/c14-12-7-9(1-6-13(12)16)8-17-11-4-2-10(15)3-5-11/h1-7H,8H2. The van der Waals surface area contributed by atoms with E-state index < -0.39 is 0 Å². The fourth-order valence-corrected chi connectivity index (χ4v) is 1.75. The van der Waals surface area contributed by atoms with Crippen LogP contribution in [0.5, 0.6) is 5.75 Å². The third-order valence-corrected chi connectivity index (χ3v) is 2.81. The van der Waals surface area contributed by atoms with Crippen LogP contribution in [0, 0.1) is 11.6 Å². The van der Waals surface area contributed by atoms with Gasteiger partial charge in [-0.3, -0.25) is 0 Å². The number of halogens is 3. The van der Waals surface area contributed by atoms with E-state index in [1.807, 2.05) is 0 Å². The van der Waals surface area contributed by atoms with Crippen LogP contribution in [0.15, 0.2) is 46.9 Å². The van der Waals surface area contributed by atoms with E-state index in [4.69, 9.17) is 4.74 Å². The normalized spacial score (nSPS) is 10.3. The summed E-state index contributed by atoms with van der Waals surface area (Å²) in [4.78, 5) is 0. The highest BCUT2D eigenvalue weighted by Gasteiger charge is 2.01. The van der Waals surface area contributed by atoms with Gasteiger partial charge in [0, 0.05) is 0 Å². The zero-order chi connectivity index (χ0) is 12.3. The first kappa shape index (κ1) is 12.0. The van der Waals surface area contributed by atoms with E-state index >= 15 is 0 Å². The van der Waals surface area contributed by atoms with Gasteiger partial charge >= 0.3 is 0 Å². The molecule has 88 valence electrons. The van der Waals surface area contributed by atoms with Crippen LogP contribution in [-0.2, 0) is 6.61 Å². The summed E-state index contributed by atoms with van der Waals surface area (Å²) in [6, 6.07) is 10.4. The molecule has 0 spiro atoms. The molecule has 0 atom stereocenters. The number of hydrogen-bond acceptors (Lipinski definition) is 1. The SMILES string of the molecule is Fc1ccc(OCc2ccc(F)c(Br)c2)cc1. The quantitative estimate of drug-likeness (QED) is 0.820. The third kappa shape index (κ3) is 3.27. The predicted octanol–water partition coefficient (Wildman–Crippen LogP) is 4.31. The molecule has 0 aliphatic rings. The van der Waals surface area contributed by atoms with Crippen molar-refractivity contribution in [2.75, 3.05) is 0 Å². The van der Waals surface area contributed by atoms with Gasteiger partial charge in [0.25, 0.3) is 0 Å². The van der Waals surface area contributed by atoms with Gasteiger partial charge in [0.1, 0.15) is 24.0 Å². The molecule has 2 rings (SSSR count). The van der Waals surface area contributed by atoms with Gasteiger partial charge < -0.3 is 4.74 Å². The lowest BCUT2D eigenvalue weighted by Gasteiger charge is -2.06. The van der Waals surface area contributed by atoms with Crippen molar-refractivity contribution in [2.45, 2.75) is 6.61 Å². The Kier molecular flexibility index (Phi) is 3.74. The number of ether oxygens (including phenoxy) is 1. The highest BCUT2D eigenvalue weighted by Crippen LogP contribution is 2.18. The molecule has 0 amide bonds. The largest absolute Gasteiger partial charge is 0.489 e. The van der Waals surface area contributed by atoms with E-state index in [9.17, 15) is 8.78 Å². The molecule has 0 aromatic heterocycles. The zero-order valence-electron chi connectivity index (χ0n) is 8.79. The van der Waals surface area contributed by atoms with Gasteiger partial charge in [0.2, 0.25) is 0 Å². The van der Waals surface area contributed by atoms with Gasteiger partial charge in [0.15, 0.2) is 0 Å². The van der Waals surface area contributed by atoms with Gasteiger partial charge in [0.05, 0.1) is 4.47 Å². The first-order valence-corrected chi connectivity index (χ1v) is 5.77. The molecule has 0 aliphatic carbocycles. The van der Waals surface area contributed by atoms with Crippen LogP contribution in [0.2, 0.25) is 0 Å². The van der Waals surface area contributed by atoms with E-state index in [-0.39, 0.29) is 11.6 Å². The van der Waals surface area contributed by atoms with Crippen molar-refractivity contribution in [3.05, 3.63) is 64.1 Å². The molecule has 0 aliphatic heterocycles. The molecule has 0 radical (unpaired) electrons. The number of benzene rings is 2. The molecule has 1 nitrogen and oxygen atoms in total. The molecule has 0 bridgehead atoms. The summed E-state index contributed by atoms with van der Waals surface area (Å²) >= 11 is 3.10. The Morgan fingerprint density at radius 1 is 1.00 bits per heavy atom. The highest BCUT2D eigenvalue weighted by atomic mass is 79.9.